The van der Waals surface area contributed by atoms with E-state index >= 15 is 0 Å². The van der Waals surface area contributed by atoms with Crippen LogP contribution in [0.1, 0.15) is 10.4 Å². The van der Waals surface area contributed by atoms with Crippen molar-refractivity contribution < 1.29 is 22.3 Å². The van der Waals surface area contributed by atoms with Crippen LogP contribution < -0.4 is 19.7 Å². The van der Waals surface area contributed by atoms with E-state index < -0.39 is 10.0 Å². The molecule has 1 aliphatic heterocycles. The summed E-state index contributed by atoms with van der Waals surface area (Å²) in [6.45, 7) is 4.50. The van der Waals surface area contributed by atoms with E-state index in [9.17, 15) is 17.6 Å². The van der Waals surface area contributed by atoms with Gasteiger partial charge in [0.15, 0.2) is 5.13 Å². The van der Waals surface area contributed by atoms with Crippen molar-refractivity contribution in [2.45, 2.75) is 4.90 Å². The van der Waals surface area contributed by atoms with Gasteiger partial charge in [-0.3, -0.25) is 14.4 Å². The first-order valence-corrected chi connectivity index (χ1v) is 14.7. The van der Waals surface area contributed by atoms with Gasteiger partial charge in [-0.1, -0.05) is 11.3 Å². The number of nitrogens with one attached hydrogen (secondary N) is 2. The molecule has 2 heterocycles. The molecule has 5 rings (SSSR count). The summed E-state index contributed by atoms with van der Waals surface area (Å²) >= 11 is 1.50. The van der Waals surface area contributed by atoms with Crippen LogP contribution in [0, 0.1) is 5.82 Å². The number of sulfonamides is 1. The second-order valence-corrected chi connectivity index (χ2v) is 11.7. The Morgan fingerprint density at radius 2 is 1.73 bits per heavy atom. The molecule has 212 valence electrons. The fraction of sp³-hybridized carbons (Fsp3) is 0.259. The minimum atomic E-state index is -3.76. The third-order valence-corrected chi connectivity index (χ3v) is 8.94. The first-order chi connectivity index (χ1) is 18.8. The normalized spacial score (nSPS) is 14.0. The molecule has 3 aromatic carbocycles. The Morgan fingerprint density at radius 3 is 2.40 bits per heavy atom. The second kappa shape index (κ2) is 12.8. The molecule has 0 bridgehead atoms. The van der Waals surface area contributed by atoms with Gasteiger partial charge in [0, 0.05) is 50.5 Å². The number of hydrogen-bond donors (Lipinski definition) is 2. The Balaban J connectivity index is 0.00000370. The number of halogens is 2. The summed E-state index contributed by atoms with van der Waals surface area (Å²) in [5.41, 5.74) is 1.61. The summed E-state index contributed by atoms with van der Waals surface area (Å²) in [5, 5.41) is 3.83. The third kappa shape index (κ3) is 7.00. The summed E-state index contributed by atoms with van der Waals surface area (Å²) in [6.07, 6.45) is 0. The number of amides is 1. The maximum Gasteiger partial charge on any atom is 0.261 e. The van der Waals surface area contributed by atoms with E-state index in [2.05, 4.69) is 24.8 Å². The van der Waals surface area contributed by atoms with Crippen molar-refractivity contribution in [3.63, 3.8) is 0 Å². The van der Waals surface area contributed by atoms with Gasteiger partial charge in [-0.2, -0.15) is 0 Å². The molecular formula is C27H29ClFN5O4S2. The van der Waals surface area contributed by atoms with E-state index in [0.717, 1.165) is 41.5 Å². The number of thiazole rings is 1. The highest BCUT2D eigenvalue weighted by atomic mass is 35.5. The van der Waals surface area contributed by atoms with Gasteiger partial charge in [0.2, 0.25) is 0 Å². The number of benzene rings is 3. The van der Waals surface area contributed by atoms with Gasteiger partial charge >= 0.3 is 0 Å². The van der Waals surface area contributed by atoms with Crippen LogP contribution in [-0.4, -0.2) is 70.6 Å². The van der Waals surface area contributed by atoms with Crippen molar-refractivity contribution in [2.24, 2.45) is 0 Å². The Kier molecular flexibility index (Phi) is 9.46. The van der Waals surface area contributed by atoms with Crippen LogP contribution >= 0.6 is 23.7 Å². The fourth-order valence-electron chi connectivity index (χ4n) is 4.27. The molecule has 1 aromatic heterocycles. The van der Waals surface area contributed by atoms with Gasteiger partial charge in [0.1, 0.15) is 11.6 Å². The molecule has 1 saturated heterocycles. The zero-order valence-corrected chi connectivity index (χ0v) is 24.1. The predicted octanol–water partition coefficient (Wildman–Crippen LogP) is 4.22. The fourth-order valence-corrected chi connectivity index (χ4v) is 6.37. The predicted molar refractivity (Wildman–Crippen MR) is 158 cm³/mol. The summed E-state index contributed by atoms with van der Waals surface area (Å²) < 4.78 is 47.1. The van der Waals surface area contributed by atoms with Gasteiger partial charge in [-0.25, -0.2) is 17.8 Å². The van der Waals surface area contributed by atoms with Crippen molar-refractivity contribution in [3.05, 3.63) is 78.1 Å². The third-order valence-electron chi connectivity index (χ3n) is 6.46. The number of methoxy groups -OCH3 is 1. The van der Waals surface area contributed by atoms with E-state index in [1.807, 2.05) is 0 Å². The quantitative estimate of drug-likeness (QED) is 0.294. The minimum absolute atomic E-state index is 0. The van der Waals surface area contributed by atoms with E-state index in [4.69, 9.17) is 4.74 Å². The molecule has 9 nitrogen and oxygen atoms in total. The molecule has 1 fully saturated rings. The number of hydrogen-bond acceptors (Lipinski definition) is 8. The van der Waals surface area contributed by atoms with Crippen molar-refractivity contribution in [3.8, 4) is 5.75 Å². The summed E-state index contributed by atoms with van der Waals surface area (Å²) in [6, 6.07) is 17.0. The van der Waals surface area contributed by atoms with E-state index in [0.29, 0.717) is 30.1 Å². The summed E-state index contributed by atoms with van der Waals surface area (Å²) in [7, 11) is -2.25. The highest BCUT2D eigenvalue weighted by Gasteiger charge is 2.20. The van der Waals surface area contributed by atoms with Crippen LogP contribution in [0.4, 0.5) is 15.2 Å². The monoisotopic (exact) mass is 605 g/mol. The molecule has 13 heteroatoms. The van der Waals surface area contributed by atoms with Crippen LogP contribution in [0.25, 0.3) is 10.2 Å². The number of carbonyl (C=O) groups is 1. The molecule has 0 unspecified atom stereocenters. The van der Waals surface area contributed by atoms with Crippen molar-refractivity contribution in [1.29, 1.82) is 0 Å². The number of nitrogens with zero attached hydrogens (tertiary/aromatic N) is 3. The number of carbonyl (C=O) groups excluding carboxylic acids is 1. The van der Waals surface area contributed by atoms with E-state index in [1.54, 1.807) is 42.5 Å². The SMILES string of the molecule is COc1ccc(S(=O)(=O)Nc2ccc(C(=O)NCCN3CCN(c4nc5ccc(F)cc5s4)CC3)cc2)cc1.Cl. The van der Waals surface area contributed by atoms with E-state index in [1.165, 1.54) is 42.7 Å². The number of fused-ring (bicyclic) bond motifs is 1. The molecule has 4 aromatic rings. The zero-order valence-electron chi connectivity index (χ0n) is 21.7. The number of aromatic nitrogens is 1. The van der Waals surface area contributed by atoms with Gasteiger partial charge in [0.05, 0.1) is 22.2 Å². The van der Waals surface area contributed by atoms with Crippen LogP contribution in [-0.2, 0) is 10.0 Å². The van der Waals surface area contributed by atoms with Gasteiger partial charge < -0.3 is 15.0 Å². The largest absolute Gasteiger partial charge is 0.497 e. The molecule has 0 spiro atoms. The lowest BCUT2D eigenvalue weighted by molar-refractivity contribution is 0.0948. The Hall–Kier alpha value is -3.45. The molecular weight excluding hydrogens is 577 g/mol. The second-order valence-electron chi connectivity index (χ2n) is 9.05. The van der Waals surface area contributed by atoms with Gasteiger partial charge in [0.25, 0.3) is 15.9 Å². The first kappa shape index (κ1) is 29.5. The number of piperazine rings is 1. The molecule has 0 atom stereocenters. The Labute approximate surface area is 242 Å². The standard InChI is InChI=1S/C27H28FN5O4S2.ClH/c1-37-22-7-9-23(10-8-22)39(35,36)31-21-5-2-19(3-6-21)26(34)29-12-13-32-14-16-33(17-15-32)27-30-24-11-4-20(28)18-25(24)38-27;/h2-11,18,31H,12-17H2,1H3,(H,29,34);1H. The highest BCUT2D eigenvalue weighted by molar-refractivity contribution is 7.92. The highest BCUT2D eigenvalue weighted by Crippen LogP contribution is 2.30. The molecule has 0 radical (unpaired) electrons. The lowest BCUT2D eigenvalue weighted by Crippen LogP contribution is -2.48. The molecule has 40 heavy (non-hydrogen) atoms. The topological polar surface area (TPSA) is 104 Å². The smallest absolute Gasteiger partial charge is 0.261 e. The maximum absolute atomic E-state index is 13.5. The average Bonchev–Trinajstić information content (AvgIpc) is 3.37. The Morgan fingerprint density at radius 1 is 1.02 bits per heavy atom. The molecule has 0 saturated carbocycles. The lowest BCUT2D eigenvalue weighted by atomic mass is 10.2. The zero-order chi connectivity index (χ0) is 27.4. The van der Waals surface area contributed by atoms with Crippen LogP contribution in [0.5, 0.6) is 5.75 Å². The minimum Gasteiger partial charge on any atom is -0.497 e. The summed E-state index contributed by atoms with van der Waals surface area (Å²) in [5.74, 6) is 0.0876. The van der Waals surface area contributed by atoms with Crippen LogP contribution in [0.15, 0.2) is 71.6 Å². The van der Waals surface area contributed by atoms with Crippen LogP contribution in [0.2, 0.25) is 0 Å². The first-order valence-electron chi connectivity index (χ1n) is 12.4. The Bertz CT molecular complexity index is 1560. The van der Waals surface area contributed by atoms with E-state index in [-0.39, 0.29) is 29.0 Å². The average molecular weight is 606 g/mol. The molecule has 2 N–H and O–H groups in total. The number of ether oxygens (including phenoxy) is 1. The summed E-state index contributed by atoms with van der Waals surface area (Å²) in [4.78, 5) is 21.8. The molecule has 0 aliphatic carbocycles. The van der Waals surface area contributed by atoms with Crippen molar-refractivity contribution >= 4 is 60.7 Å². The van der Waals surface area contributed by atoms with Gasteiger partial charge in [-0.15, -0.1) is 12.4 Å². The lowest BCUT2D eigenvalue weighted by Gasteiger charge is -2.34. The number of rotatable bonds is 9. The van der Waals surface area contributed by atoms with Crippen molar-refractivity contribution in [1.82, 2.24) is 15.2 Å². The van der Waals surface area contributed by atoms with Gasteiger partial charge in [-0.05, 0) is 66.7 Å². The van der Waals surface area contributed by atoms with Crippen LogP contribution in [0.3, 0.4) is 0 Å². The maximum atomic E-state index is 13.5. The molecule has 1 amide bonds. The number of anilines is 2. The molecule has 1 aliphatic rings. The van der Waals surface area contributed by atoms with Crippen molar-refractivity contribution in [2.75, 3.05) is 56.0 Å².